The number of benzene rings is 2. The lowest BCUT2D eigenvalue weighted by molar-refractivity contribution is -0.130. The number of fused-ring (bicyclic) bond motifs is 1. The Morgan fingerprint density at radius 3 is 2.61 bits per heavy atom. The van der Waals surface area contributed by atoms with E-state index in [2.05, 4.69) is 20.6 Å². The third-order valence-electron chi connectivity index (χ3n) is 7.40. The maximum atomic E-state index is 13.9. The number of rotatable bonds is 12. The Labute approximate surface area is 223 Å². The van der Waals surface area contributed by atoms with E-state index in [1.165, 1.54) is 25.0 Å². The third kappa shape index (κ3) is 7.40. The molecular weight excluding hydrogens is 483 g/mol. The van der Waals surface area contributed by atoms with Crippen molar-refractivity contribution in [1.82, 2.24) is 20.6 Å². The monoisotopic (exact) mass is 522 g/mol. The fraction of sp³-hybridized carbons (Fsp3) is 0.500. The van der Waals surface area contributed by atoms with Gasteiger partial charge in [-0.05, 0) is 41.5 Å². The molecule has 0 aliphatic heterocycles. The van der Waals surface area contributed by atoms with Gasteiger partial charge in [-0.1, -0.05) is 76.8 Å². The zero-order chi connectivity index (χ0) is 27.1. The van der Waals surface area contributed by atoms with Crippen LogP contribution in [0.5, 0.6) is 0 Å². The highest BCUT2D eigenvalue weighted by atomic mass is 19.1. The molecule has 1 aromatic heterocycles. The normalized spacial score (nSPS) is 16.7. The molecule has 4 rings (SSSR count). The van der Waals surface area contributed by atoms with Crippen molar-refractivity contribution < 1.29 is 18.7 Å². The molecule has 0 bridgehead atoms. The smallest absolute Gasteiger partial charge is 0.223 e. The fourth-order valence-corrected chi connectivity index (χ4v) is 5.34. The van der Waals surface area contributed by atoms with Crippen LogP contribution in [-0.2, 0) is 20.9 Å². The van der Waals surface area contributed by atoms with Gasteiger partial charge in [0.15, 0.2) is 0 Å². The molecule has 2 amide bonds. The van der Waals surface area contributed by atoms with Gasteiger partial charge in [0.05, 0.1) is 23.7 Å². The molecule has 1 aliphatic carbocycles. The zero-order valence-corrected chi connectivity index (χ0v) is 22.5. The molecule has 1 saturated carbocycles. The number of H-pyrrole nitrogens is 1. The maximum Gasteiger partial charge on any atom is 0.223 e. The van der Waals surface area contributed by atoms with Crippen LogP contribution >= 0.6 is 0 Å². The lowest BCUT2D eigenvalue weighted by Crippen LogP contribution is -2.43. The van der Waals surface area contributed by atoms with Crippen molar-refractivity contribution in [3.05, 3.63) is 65.7 Å². The predicted octanol–water partition coefficient (Wildman–Crippen LogP) is 5.78. The summed E-state index contributed by atoms with van der Waals surface area (Å²) in [6, 6.07) is 13.8. The predicted molar refractivity (Wildman–Crippen MR) is 145 cm³/mol. The van der Waals surface area contributed by atoms with Crippen LogP contribution in [0.15, 0.2) is 48.5 Å². The molecule has 0 radical (unpaired) electrons. The van der Waals surface area contributed by atoms with Crippen molar-refractivity contribution in [2.75, 3.05) is 0 Å². The topological polar surface area (TPSA) is 96.1 Å². The SMILES string of the molecule is CC(C)(C)C(NC(=O)C(CC1CCCC1)CC(NC=O)OCc1ccccc1)c1nc2ccc(F)cc2[nH]1. The summed E-state index contributed by atoms with van der Waals surface area (Å²) in [7, 11) is 0. The van der Waals surface area contributed by atoms with E-state index in [1.807, 2.05) is 51.1 Å². The number of hydrogen-bond acceptors (Lipinski definition) is 4. The fourth-order valence-electron chi connectivity index (χ4n) is 5.34. The number of carbonyl (C=O) groups is 2. The van der Waals surface area contributed by atoms with Crippen LogP contribution in [0, 0.1) is 23.1 Å². The van der Waals surface area contributed by atoms with Crippen molar-refractivity contribution in [1.29, 1.82) is 0 Å². The van der Waals surface area contributed by atoms with Crippen LogP contribution in [0.4, 0.5) is 4.39 Å². The Balaban J connectivity index is 1.53. The number of ether oxygens (including phenoxy) is 1. The van der Waals surface area contributed by atoms with Crippen LogP contribution in [0.1, 0.15) is 76.7 Å². The van der Waals surface area contributed by atoms with Gasteiger partial charge in [0.1, 0.15) is 17.9 Å². The third-order valence-corrected chi connectivity index (χ3v) is 7.40. The molecule has 38 heavy (non-hydrogen) atoms. The minimum absolute atomic E-state index is 0.0931. The average Bonchev–Trinajstić information content (AvgIpc) is 3.54. The van der Waals surface area contributed by atoms with E-state index in [0.717, 1.165) is 24.8 Å². The first-order valence-corrected chi connectivity index (χ1v) is 13.5. The van der Waals surface area contributed by atoms with E-state index >= 15 is 0 Å². The molecular formula is C30H39FN4O3. The number of aromatic nitrogens is 2. The van der Waals surface area contributed by atoms with Crippen LogP contribution in [0.3, 0.4) is 0 Å². The number of nitrogens with one attached hydrogen (secondary N) is 3. The van der Waals surface area contributed by atoms with Gasteiger partial charge in [-0.3, -0.25) is 9.59 Å². The first-order valence-electron chi connectivity index (χ1n) is 13.5. The molecule has 0 saturated heterocycles. The summed E-state index contributed by atoms with van der Waals surface area (Å²) >= 11 is 0. The van der Waals surface area contributed by atoms with Crippen LogP contribution < -0.4 is 10.6 Å². The number of halogens is 1. The lowest BCUT2D eigenvalue weighted by atomic mass is 9.84. The molecule has 3 atom stereocenters. The van der Waals surface area contributed by atoms with Crippen molar-refractivity contribution in [3.8, 4) is 0 Å². The highest BCUT2D eigenvalue weighted by Gasteiger charge is 2.35. The Morgan fingerprint density at radius 1 is 1.18 bits per heavy atom. The standard InChI is InChI=1S/C30H39FN4O3/c1-30(2,3)27(28-33-24-14-13-23(31)17-25(24)34-28)35-29(37)22(15-20-9-7-8-10-20)16-26(32-19-36)38-18-21-11-5-4-6-12-21/h4-6,11-14,17,19-20,22,26-27H,7-10,15-16,18H2,1-3H3,(H,32,36)(H,33,34)(H,35,37). The second-order valence-corrected chi connectivity index (χ2v) is 11.5. The maximum absolute atomic E-state index is 13.9. The van der Waals surface area contributed by atoms with Crippen LogP contribution in [0.25, 0.3) is 11.0 Å². The molecule has 0 spiro atoms. The van der Waals surface area contributed by atoms with Gasteiger partial charge < -0.3 is 20.4 Å². The molecule has 1 aliphatic rings. The molecule has 3 N–H and O–H groups in total. The van der Waals surface area contributed by atoms with E-state index in [-0.39, 0.29) is 23.1 Å². The molecule has 1 fully saturated rings. The van der Waals surface area contributed by atoms with Crippen LogP contribution in [-0.4, -0.2) is 28.5 Å². The van der Waals surface area contributed by atoms with E-state index in [1.54, 1.807) is 6.07 Å². The summed E-state index contributed by atoms with van der Waals surface area (Å²) in [5, 5.41) is 6.01. The Kier molecular flexibility index (Phi) is 9.15. The Hall–Kier alpha value is -3.26. The molecule has 8 heteroatoms. The quantitative estimate of drug-likeness (QED) is 0.208. The number of hydrogen-bond donors (Lipinski definition) is 3. The Morgan fingerprint density at radius 2 is 1.92 bits per heavy atom. The first kappa shape index (κ1) is 27.8. The average molecular weight is 523 g/mol. The van der Waals surface area contributed by atoms with Gasteiger partial charge in [-0.25, -0.2) is 9.37 Å². The zero-order valence-electron chi connectivity index (χ0n) is 22.5. The van der Waals surface area contributed by atoms with E-state index in [9.17, 15) is 14.0 Å². The van der Waals surface area contributed by atoms with Gasteiger partial charge >= 0.3 is 0 Å². The highest BCUT2D eigenvalue weighted by Crippen LogP contribution is 2.35. The summed E-state index contributed by atoms with van der Waals surface area (Å²) in [6.45, 7) is 6.45. The second kappa shape index (κ2) is 12.5. The van der Waals surface area contributed by atoms with Gasteiger partial charge in [-0.15, -0.1) is 0 Å². The summed E-state index contributed by atoms with van der Waals surface area (Å²) in [5.74, 6) is 0.278. The number of amides is 2. The van der Waals surface area contributed by atoms with Crippen molar-refractivity contribution in [3.63, 3.8) is 0 Å². The summed E-state index contributed by atoms with van der Waals surface area (Å²) in [4.78, 5) is 33.1. The van der Waals surface area contributed by atoms with Crippen LogP contribution in [0.2, 0.25) is 0 Å². The summed E-state index contributed by atoms with van der Waals surface area (Å²) in [5.41, 5.74) is 1.88. The number of carbonyl (C=O) groups excluding carboxylic acids is 2. The molecule has 3 unspecified atom stereocenters. The van der Waals surface area contributed by atoms with Gasteiger partial charge in [0.2, 0.25) is 12.3 Å². The minimum Gasteiger partial charge on any atom is -0.354 e. The van der Waals surface area contributed by atoms with Gasteiger partial charge in [0.25, 0.3) is 0 Å². The molecule has 204 valence electrons. The number of nitrogens with zero attached hydrogens (tertiary/aromatic N) is 1. The van der Waals surface area contributed by atoms with Crippen molar-refractivity contribution in [2.24, 2.45) is 17.3 Å². The van der Waals surface area contributed by atoms with E-state index < -0.39 is 12.3 Å². The second-order valence-electron chi connectivity index (χ2n) is 11.5. The summed E-state index contributed by atoms with van der Waals surface area (Å²) in [6.07, 6.45) is 5.73. The number of imidazole rings is 1. The van der Waals surface area contributed by atoms with Gasteiger partial charge in [0, 0.05) is 12.3 Å². The molecule has 2 aromatic carbocycles. The molecule has 7 nitrogen and oxygen atoms in total. The Bertz CT molecular complexity index is 1200. The van der Waals surface area contributed by atoms with E-state index in [0.29, 0.717) is 42.2 Å². The van der Waals surface area contributed by atoms with Crippen molar-refractivity contribution in [2.45, 2.75) is 78.2 Å². The first-order chi connectivity index (χ1) is 18.2. The van der Waals surface area contributed by atoms with E-state index in [4.69, 9.17) is 4.74 Å². The lowest BCUT2D eigenvalue weighted by Gasteiger charge is -2.32. The minimum atomic E-state index is -0.591. The molecule has 3 aromatic rings. The highest BCUT2D eigenvalue weighted by molar-refractivity contribution is 5.80. The summed E-state index contributed by atoms with van der Waals surface area (Å²) < 4.78 is 19.8. The number of aromatic amines is 1. The molecule has 1 heterocycles. The van der Waals surface area contributed by atoms with Gasteiger partial charge in [-0.2, -0.15) is 0 Å². The largest absolute Gasteiger partial charge is 0.354 e. The van der Waals surface area contributed by atoms with Crippen molar-refractivity contribution >= 4 is 23.4 Å².